The lowest BCUT2D eigenvalue weighted by atomic mass is 9.98. The van der Waals surface area contributed by atoms with Crippen molar-refractivity contribution in [3.05, 3.63) is 94.0 Å². The van der Waals surface area contributed by atoms with E-state index in [2.05, 4.69) is 15.3 Å². The quantitative estimate of drug-likeness (QED) is 0.757. The summed E-state index contributed by atoms with van der Waals surface area (Å²) in [6, 6.07) is 16.7. The lowest BCUT2D eigenvalue weighted by Crippen LogP contribution is -2.30. The molecule has 0 unspecified atom stereocenters. The highest BCUT2D eigenvalue weighted by molar-refractivity contribution is 6.30. The molecule has 3 rings (SSSR count). The summed E-state index contributed by atoms with van der Waals surface area (Å²) >= 11 is 11.7. The number of halogens is 2. The van der Waals surface area contributed by atoms with Gasteiger partial charge in [0.25, 0.3) is 5.91 Å². The predicted molar refractivity (Wildman–Crippen MR) is 94.2 cm³/mol. The molecule has 1 atom stereocenters. The van der Waals surface area contributed by atoms with E-state index < -0.39 is 0 Å². The maximum absolute atomic E-state index is 12.5. The molecular weight excluding hydrogens is 345 g/mol. The minimum absolute atomic E-state index is 0.203. The number of carbonyl (C=O) groups excluding carboxylic acids is 1. The zero-order valence-electron chi connectivity index (χ0n) is 12.5. The van der Waals surface area contributed by atoms with Crippen LogP contribution in [0.4, 0.5) is 0 Å². The van der Waals surface area contributed by atoms with E-state index in [9.17, 15) is 4.79 Å². The molecule has 6 heteroatoms. The second-order valence-corrected chi connectivity index (χ2v) is 5.92. The minimum atomic E-state index is -0.331. The molecule has 0 aliphatic heterocycles. The molecule has 4 nitrogen and oxygen atoms in total. The van der Waals surface area contributed by atoms with Crippen molar-refractivity contribution in [3.63, 3.8) is 0 Å². The summed E-state index contributed by atoms with van der Waals surface area (Å²) in [4.78, 5) is 20.4. The molecule has 3 aromatic rings. The Morgan fingerprint density at radius 2 is 1.54 bits per heavy atom. The molecule has 24 heavy (non-hydrogen) atoms. The number of hydrogen-bond acceptors (Lipinski definition) is 3. The summed E-state index contributed by atoms with van der Waals surface area (Å²) in [6.07, 6.45) is 2.69. The smallest absolute Gasteiger partial charge is 0.272 e. The topological polar surface area (TPSA) is 54.9 Å². The van der Waals surface area contributed by atoms with Crippen molar-refractivity contribution >= 4 is 29.1 Å². The van der Waals surface area contributed by atoms with E-state index in [0.717, 1.165) is 11.1 Å². The molecule has 0 aliphatic rings. The van der Waals surface area contributed by atoms with Gasteiger partial charge in [0.1, 0.15) is 10.8 Å². The average molecular weight is 358 g/mol. The van der Waals surface area contributed by atoms with Crippen LogP contribution in [0, 0.1) is 0 Å². The van der Waals surface area contributed by atoms with Gasteiger partial charge in [0.15, 0.2) is 0 Å². The molecule has 1 N–H and O–H groups in total. The van der Waals surface area contributed by atoms with Gasteiger partial charge in [-0.25, -0.2) is 9.97 Å². The molecule has 2 aromatic carbocycles. The molecular formula is C18H13Cl2N3O. The van der Waals surface area contributed by atoms with E-state index >= 15 is 0 Å². The zero-order valence-corrected chi connectivity index (χ0v) is 14.0. The fraction of sp³-hybridized carbons (Fsp3) is 0.0556. The van der Waals surface area contributed by atoms with Crippen LogP contribution < -0.4 is 5.32 Å². The predicted octanol–water partition coefficient (Wildman–Crippen LogP) is 4.30. The summed E-state index contributed by atoms with van der Waals surface area (Å²) in [5, 5.41) is 3.86. The van der Waals surface area contributed by atoms with Crippen LogP contribution in [0.3, 0.4) is 0 Å². The first-order valence-electron chi connectivity index (χ1n) is 7.22. The summed E-state index contributed by atoms with van der Waals surface area (Å²) in [5.41, 5.74) is 2.07. The van der Waals surface area contributed by atoms with E-state index in [1.165, 1.54) is 12.4 Å². The molecule has 120 valence electrons. The van der Waals surface area contributed by atoms with Crippen molar-refractivity contribution in [1.82, 2.24) is 15.3 Å². The van der Waals surface area contributed by atoms with Gasteiger partial charge in [-0.3, -0.25) is 4.79 Å². The van der Waals surface area contributed by atoms with Crippen molar-refractivity contribution in [1.29, 1.82) is 0 Å². The van der Waals surface area contributed by atoms with Gasteiger partial charge >= 0.3 is 0 Å². The molecule has 1 aromatic heterocycles. The van der Waals surface area contributed by atoms with Crippen molar-refractivity contribution in [2.24, 2.45) is 0 Å². The van der Waals surface area contributed by atoms with Crippen LogP contribution >= 0.6 is 23.2 Å². The number of rotatable bonds is 4. The van der Waals surface area contributed by atoms with Crippen LogP contribution in [0.25, 0.3) is 0 Å². The molecule has 0 fully saturated rings. The molecule has 0 radical (unpaired) electrons. The third-order valence-corrected chi connectivity index (χ3v) is 3.91. The number of hydrogen-bond donors (Lipinski definition) is 1. The molecule has 0 aliphatic carbocycles. The minimum Gasteiger partial charge on any atom is -0.340 e. The number of nitrogens with zero attached hydrogens (tertiary/aromatic N) is 2. The van der Waals surface area contributed by atoms with Gasteiger partial charge in [0.05, 0.1) is 18.4 Å². The van der Waals surface area contributed by atoms with E-state index in [0.29, 0.717) is 5.02 Å². The van der Waals surface area contributed by atoms with Gasteiger partial charge in [0.2, 0.25) is 0 Å². The highest BCUT2D eigenvalue weighted by atomic mass is 35.5. The van der Waals surface area contributed by atoms with E-state index in [1.807, 2.05) is 42.5 Å². The van der Waals surface area contributed by atoms with Gasteiger partial charge in [-0.2, -0.15) is 0 Å². The first-order valence-corrected chi connectivity index (χ1v) is 7.98. The van der Waals surface area contributed by atoms with Crippen LogP contribution in [0.5, 0.6) is 0 Å². The van der Waals surface area contributed by atoms with Gasteiger partial charge in [0, 0.05) is 5.02 Å². The fourth-order valence-electron chi connectivity index (χ4n) is 2.29. The number of nitrogens with one attached hydrogen (secondary N) is 1. The lowest BCUT2D eigenvalue weighted by Gasteiger charge is -2.19. The first kappa shape index (κ1) is 16.4. The van der Waals surface area contributed by atoms with Crippen LogP contribution in [0.15, 0.2) is 67.0 Å². The molecule has 0 saturated carbocycles. The van der Waals surface area contributed by atoms with E-state index in [1.54, 1.807) is 12.1 Å². The van der Waals surface area contributed by atoms with Crippen molar-refractivity contribution in [3.8, 4) is 0 Å². The van der Waals surface area contributed by atoms with Gasteiger partial charge < -0.3 is 5.32 Å². The number of amides is 1. The lowest BCUT2D eigenvalue weighted by molar-refractivity contribution is 0.0937. The third kappa shape index (κ3) is 3.91. The number of benzene rings is 2. The Bertz CT molecular complexity index is 821. The van der Waals surface area contributed by atoms with E-state index in [4.69, 9.17) is 23.2 Å². The maximum atomic E-state index is 12.5. The third-order valence-electron chi connectivity index (χ3n) is 3.46. The number of aromatic nitrogens is 2. The summed E-state index contributed by atoms with van der Waals surface area (Å²) < 4.78 is 0. The van der Waals surface area contributed by atoms with Crippen molar-refractivity contribution in [2.45, 2.75) is 6.04 Å². The van der Waals surface area contributed by atoms with Gasteiger partial charge in [-0.05, 0) is 23.3 Å². The van der Waals surface area contributed by atoms with Gasteiger partial charge in [-0.1, -0.05) is 65.7 Å². The Kier molecular flexibility index (Phi) is 5.08. The molecule has 0 saturated heterocycles. The molecule has 0 spiro atoms. The van der Waals surface area contributed by atoms with Crippen LogP contribution in [0.1, 0.15) is 27.7 Å². The van der Waals surface area contributed by atoms with E-state index in [-0.39, 0.29) is 22.8 Å². The Balaban J connectivity index is 1.91. The number of carbonyl (C=O) groups is 1. The monoisotopic (exact) mass is 357 g/mol. The second kappa shape index (κ2) is 7.43. The summed E-state index contributed by atoms with van der Waals surface area (Å²) in [5.74, 6) is -0.331. The Labute approximate surface area is 149 Å². The highest BCUT2D eigenvalue weighted by Crippen LogP contribution is 2.24. The molecule has 1 amide bonds. The van der Waals surface area contributed by atoms with Gasteiger partial charge in [-0.15, -0.1) is 0 Å². The first-order chi connectivity index (χ1) is 11.6. The van der Waals surface area contributed by atoms with Crippen LogP contribution in [-0.2, 0) is 0 Å². The summed E-state index contributed by atoms with van der Waals surface area (Å²) in [7, 11) is 0. The molecule has 1 heterocycles. The largest absolute Gasteiger partial charge is 0.340 e. The van der Waals surface area contributed by atoms with Crippen LogP contribution in [0.2, 0.25) is 10.2 Å². The zero-order chi connectivity index (χ0) is 16.9. The standard InChI is InChI=1S/C18H13Cl2N3O/c19-14-8-6-13(7-9-14)17(12-4-2-1-3-5-12)23-18(24)15-10-22-16(20)11-21-15/h1-11,17H,(H,23,24)/t17-/m1/s1. The normalized spacial score (nSPS) is 11.8. The average Bonchev–Trinajstić information content (AvgIpc) is 2.62. The fourth-order valence-corrected chi connectivity index (χ4v) is 2.52. The molecule has 0 bridgehead atoms. The highest BCUT2D eigenvalue weighted by Gasteiger charge is 2.18. The van der Waals surface area contributed by atoms with Crippen molar-refractivity contribution in [2.75, 3.05) is 0 Å². The Morgan fingerprint density at radius 1 is 0.875 bits per heavy atom. The van der Waals surface area contributed by atoms with Crippen molar-refractivity contribution < 1.29 is 4.79 Å². The Hall–Kier alpha value is -2.43. The van der Waals surface area contributed by atoms with Crippen LogP contribution in [-0.4, -0.2) is 15.9 Å². The Morgan fingerprint density at radius 3 is 2.17 bits per heavy atom. The second-order valence-electron chi connectivity index (χ2n) is 5.09. The SMILES string of the molecule is O=C(N[C@H](c1ccccc1)c1ccc(Cl)cc1)c1cnc(Cl)cn1. The maximum Gasteiger partial charge on any atom is 0.272 e. The summed E-state index contributed by atoms with van der Waals surface area (Å²) in [6.45, 7) is 0.